The van der Waals surface area contributed by atoms with E-state index in [4.69, 9.17) is 16.3 Å². The zero-order valence-corrected chi connectivity index (χ0v) is 12.1. The summed E-state index contributed by atoms with van der Waals surface area (Å²) in [5, 5.41) is 0. The highest BCUT2D eigenvalue weighted by molar-refractivity contribution is 7.89. The van der Waals surface area contributed by atoms with Gasteiger partial charge in [0.05, 0.1) is 18.9 Å². The molecule has 6 heteroatoms. The fourth-order valence-electron chi connectivity index (χ4n) is 1.70. The zero-order valence-electron chi connectivity index (χ0n) is 10.5. The second-order valence-electron chi connectivity index (χ2n) is 3.83. The minimum Gasteiger partial charge on any atom is -0.496 e. The van der Waals surface area contributed by atoms with Crippen molar-refractivity contribution in [2.24, 2.45) is 0 Å². The van der Waals surface area contributed by atoms with Crippen LogP contribution in [0.1, 0.15) is 24.9 Å². The molecule has 0 saturated heterocycles. The fourth-order valence-corrected chi connectivity index (χ4v) is 3.36. The van der Waals surface area contributed by atoms with E-state index in [9.17, 15) is 8.42 Å². The predicted octanol–water partition coefficient (Wildman–Crippen LogP) is 2.30. The van der Waals surface area contributed by atoms with Crippen molar-refractivity contribution in [3.63, 3.8) is 0 Å². The Labute approximate surface area is 113 Å². The van der Waals surface area contributed by atoms with Gasteiger partial charge in [-0.05, 0) is 12.5 Å². The molecule has 0 bridgehead atoms. The molecule has 102 valence electrons. The van der Waals surface area contributed by atoms with E-state index < -0.39 is 10.0 Å². The van der Waals surface area contributed by atoms with Crippen LogP contribution in [0.15, 0.2) is 24.3 Å². The highest BCUT2D eigenvalue weighted by Gasteiger charge is 2.20. The third kappa shape index (κ3) is 4.15. The van der Waals surface area contributed by atoms with Crippen molar-refractivity contribution in [3.8, 4) is 5.75 Å². The van der Waals surface area contributed by atoms with Crippen LogP contribution in [0.25, 0.3) is 0 Å². The van der Waals surface area contributed by atoms with Gasteiger partial charge < -0.3 is 4.74 Å². The van der Waals surface area contributed by atoms with Crippen molar-refractivity contribution in [2.75, 3.05) is 18.7 Å². The van der Waals surface area contributed by atoms with Crippen LogP contribution in [-0.4, -0.2) is 27.2 Å². The minimum absolute atomic E-state index is 0.0810. The first-order valence-corrected chi connectivity index (χ1v) is 7.91. The molecule has 0 radical (unpaired) electrons. The van der Waals surface area contributed by atoms with Gasteiger partial charge >= 0.3 is 0 Å². The van der Waals surface area contributed by atoms with Gasteiger partial charge in [-0.2, -0.15) is 0 Å². The Bertz CT molecular complexity index is 476. The van der Waals surface area contributed by atoms with Gasteiger partial charge in [0.2, 0.25) is 10.0 Å². The summed E-state index contributed by atoms with van der Waals surface area (Å²) in [6.45, 7) is 1.92. The maximum absolute atomic E-state index is 11.7. The Kier molecular flexibility index (Phi) is 5.91. The summed E-state index contributed by atoms with van der Waals surface area (Å²) in [7, 11) is -1.79. The zero-order chi connectivity index (χ0) is 13.6. The number of benzene rings is 1. The Morgan fingerprint density at radius 3 is 2.61 bits per heavy atom. The van der Waals surface area contributed by atoms with Crippen LogP contribution in [0.5, 0.6) is 5.75 Å². The maximum Gasteiger partial charge on any atom is 0.213 e. The van der Waals surface area contributed by atoms with E-state index in [0.717, 1.165) is 5.56 Å². The van der Waals surface area contributed by atoms with Crippen LogP contribution in [0, 0.1) is 0 Å². The Morgan fingerprint density at radius 2 is 2.06 bits per heavy atom. The molecule has 0 saturated carbocycles. The van der Waals surface area contributed by atoms with Crippen molar-refractivity contribution in [2.45, 2.75) is 19.4 Å². The van der Waals surface area contributed by atoms with E-state index >= 15 is 0 Å². The topological polar surface area (TPSA) is 55.4 Å². The summed E-state index contributed by atoms with van der Waals surface area (Å²) in [6.07, 6.45) is 0.641. The van der Waals surface area contributed by atoms with Crippen LogP contribution < -0.4 is 9.46 Å². The molecule has 4 nitrogen and oxygen atoms in total. The number of para-hydroxylation sites is 1. The van der Waals surface area contributed by atoms with E-state index in [0.29, 0.717) is 12.2 Å². The van der Waals surface area contributed by atoms with Crippen molar-refractivity contribution >= 4 is 21.6 Å². The number of ether oxygens (including phenoxy) is 1. The minimum atomic E-state index is -3.35. The van der Waals surface area contributed by atoms with Crippen molar-refractivity contribution < 1.29 is 13.2 Å². The molecule has 0 heterocycles. The molecule has 0 aliphatic rings. The van der Waals surface area contributed by atoms with Gasteiger partial charge in [-0.1, -0.05) is 25.1 Å². The van der Waals surface area contributed by atoms with Crippen LogP contribution in [0.3, 0.4) is 0 Å². The summed E-state index contributed by atoms with van der Waals surface area (Å²) < 4.78 is 31.4. The lowest BCUT2D eigenvalue weighted by Crippen LogP contribution is -2.31. The second-order valence-corrected chi connectivity index (χ2v) is 6.08. The highest BCUT2D eigenvalue weighted by Crippen LogP contribution is 2.27. The molecule has 0 amide bonds. The first kappa shape index (κ1) is 15.3. The Morgan fingerprint density at radius 1 is 1.39 bits per heavy atom. The number of rotatable bonds is 7. The number of hydrogen-bond donors (Lipinski definition) is 1. The molecule has 1 atom stereocenters. The normalized spacial score (nSPS) is 13.3. The van der Waals surface area contributed by atoms with Crippen LogP contribution in [0.2, 0.25) is 0 Å². The molecule has 18 heavy (non-hydrogen) atoms. The number of alkyl halides is 1. The molecule has 1 aromatic carbocycles. The van der Waals surface area contributed by atoms with Crippen LogP contribution in [-0.2, 0) is 10.0 Å². The smallest absolute Gasteiger partial charge is 0.213 e. The third-order valence-corrected chi connectivity index (χ3v) is 4.39. The quantitative estimate of drug-likeness (QED) is 0.784. The molecule has 0 fully saturated rings. The lowest BCUT2D eigenvalue weighted by molar-refractivity contribution is 0.402. The Hall–Kier alpha value is -0.780. The summed E-state index contributed by atoms with van der Waals surface area (Å²) in [5.74, 6) is 0.677. The van der Waals surface area contributed by atoms with Gasteiger partial charge in [0.15, 0.2) is 0 Å². The molecule has 1 aromatic rings. The maximum atomic E-state index is 11.7. The van der Waals surface area contributed by atoms with Crippen LogP contribution in [0.4, 0.5) is 0 Å². The lowest BCUT2D eigenvalue weighted by Gasteiger charge is -2.19. The van der Waals surface area contributed by atoms with E-state index in [2.05, 4.69) is 4.72 Å². The van der Waals surface area contributed by atoms with E-state index in [-0.39, 0.29) is 17.7 Å². The van der Waals surface area contributed by atoms with Gasteiger partial charge in [0, 0.05) is 11.4 Å². The van der Waals surface area contributed by atoms with Gasteiger partial charge in [0.25, 0.3) is 0 Å². The lowest BCUT2D eigenvalue weighted by atomic mass is 10.0. The average Bonchev–Trinajstić information content (AvgIpc) is 2.36. The van der Waals surface area contributed by atoms with Gasteiger partial charge in [-0.25, -0.2) is 13.1 Å². The Balaban J connectivity index is 2.96. The molecule has 0 aliphatic heterocycles. The largest absolute Gasteiger partial charge is 0.496 e. The standard InChI is InChI=1S/C12H18ClNO3S/c1-3-11(14-18(15,16)9-8-13)10-6-4-5-7-12(10)17-2/h4-7,11,14H,3,8-9H2,1-2H3. The van der Waals surface area contributed by atoms with Crippen molar-refractivity contribution in [1.29, 1.82) is 0 Å². The molecule has 1 N–H and O–H groups in total. The molecular formula is C12H18ClNO3S. The molecule has 1 rings (SSSR count). The van der Waals surface area contributed by atoms with Crippen molar-refractivity contribution in [1.82, 2.24) is 4.72 Å². The molecular weight excluding hydrogens is 274 g/mol. The third-order valence-electron chi connectivity index (χ3n) is 2.59. The van der Waals surface area contributed by atoms with E-state index in [1.807, 2.05) is 31.2 Å². The summed E-state index contributed by atoms with van der Waals surface area (Å²) >= 11 is 5.47. The molecule has 0 aromatic heterocycles. The second kappa shape index (κ2) is 6.97. The van der Waals surface area contributed by atoms with Gasteiger partial charge in [-0.3, -0.25) is 0 Å². The average molecular weight is 292 g/mol. The number of nitrogens with one attached hydrogen (secondary N) is 1. The van der Waals surface area contributed by atoms with Gasteiger partial charge in [-0.15, -0.1) is 11.6 Å². The van der Waals surface area contributed by atoms with Crippen LogP contribution >= 0.6 is 11.6 Å². The fraction of sp³-hybridized carbons (Fsp3) is 0.500. The monoisotopic (exact) mass is 291 g/mol. The summed E-state index contributed by atoms with van der Waals surface area (Å²) in [4.78, 5) is 0. The summed E-state index contributed by atoms with van der Waals surface area (Å²) in [6, 6.07) is 7.08. The predicted molar refractivity (Wildman–Crippen MR) is 73.7 cm³/mol. The first-order valence-electron chi connectivity index (χ1n) is 5.73. The number of sulfonamides is 1. The van der Waals surface area contributed by atoms with E-state index in [1.54, 1.807) is 7.11 Å². The van der Waals surface area contributed by atoms with E-state index in [1.165, 1.54) is 0 Å². The van der Waals surface area contributed by atoms with Gasteiger partial charge in [0.1, 0.15) is 5.75 Å². The molecule has 0 aliphatic carbocycles. The number of halogens is 1. The summed E-state index contributed by atoms with van der Waals surface area (Å²) in [5.41, 5.74) is 0.834. The number of hydrogen-bond acceptors (Lipinski definition) is 3. The number of methoxy groups -OCH3 is 1. The molecule has 0 spiro atoms. The SMILES string of the molecule is CCC(NS(=O)(=O)CCCl)c1ccccc1OC. The van der Waals surface area contributed by atoms with Crippen molar-refractivity contribution in [3.05, 3.63) is 29.8 Å². The first-order chi connectivity index (χ1) is 8.54. The highest BCUT2D eigenvalue weighted by atomic mass is 35.5. The molecule has 1 unspecified atom stereocenters.